The molecular weight excluding hydrogens is 274 g/mol. The lowest BCUT2D eigenvalue weighted by Gasteiger charge is -2.11. The van der Waals surface area contributed by atoms with Crippen molar-refractivity contribution in [3.8, 4) is 0 Å². The number of benzene rings is 1. The lowest BCUT2D eigenvalue weighted by Crippen LogP contribution is -2.02. The molecule has 0 fully saturated rings. The van der Waals surface area contributed by atoms with E-state index in [9.17, 15) is 8.42 Å². The van der Waals surface area contributed by atoms with E-state index in [2.05, 4.69) is 17.2 Å². The van der Waals surface area contributed by atoms with Gasteiger partial charge in [0.25, 0.3) is 0 Å². The first-order chi connectivity index (χ1) is 9.40. The average molecular weight is 293 g/mol. The number of sulfone groups is 1. The third kappa shape index (κ3) is 3.45. The van der Waals surface area contributed by atoms with Gasteiger partial charge in [0.1, 0.15) is 0 Å². The maximum absolute atomic E-state index is 11.6. The summed E-state index contributed by atoms with van der Waals surface area (Å²) in [6.07, 6.45) is 3.90. The highest BCUT2D eigenvalue weighted by atomic mass is 32.2. The van der Waals surface area contributed by atoms with Crippen molar-refractivity contribution < 1.29 is 8.42 Å². The quantitative estimate of drug-likeness (QED) is 0.846. The summed E-state index contributed by atoms with van der Waals surface area (Å²) >= 11 is 0. The molecule has 0 radical (unpaired) electrons. The van der Waals surface area contributed by atoms with Crippen molar-refractivity contribution in [1.29, 1.82) is 0 Å². The van der Waals surface area contributed by atoms with E-state index in [0.717, 1.165) is 24.2 Å². The van der Waals surface area contributed by atoms with Gasteiger partial charge < -0.3 is 0 Å². The highest BCUT2D eigenvalue weighted by Crippen LogP contribution is 2.22. The van der Waals surface area contributed by atoms with Crippen molar-refractivity contribution in [3.63, 3.8) is 0 Å². The zero-order valence-corrected chi connectivity index (χ0v) is 12.8. The summed E-state index contributed by atoms with van der Waals surface area (Å²) in [5.74, 6) is 0.193. The Balaban J connectivity index is 2.19. The zero-order valence-electron chi connectivity index (χ0n) is 11.9. The van der Waals surface area contributed by atoms with Crippen molar-refractivity contribution >= 4 is 9.84 Å². The molecular formula is C14H19N3O2S. The fourth-order valence-electron chi connectivity index (χ4n) is 2.07. The van der Waals surface area contributed by atoms with Gasteiger partial charge in [-0.05, 0) is 37.0 Å². The minimum Gasteiger partial charge on any atom is -0.253 e. The summed E-state index contributed by atoms with van der Waals surface area (Å²) in [7, 11) is -3.16. The molecule has 1 aromatic heterocycles. The minimum atomic E-state index is -3.16. The molecule has 0 amide bonds. The molecule has 20 heavy (non-hydrogen) atoms. The fourth-order valence-corrected chi connectivity index (χ4v) is 2.75. The Morgan fingerprint density at radius 1 is 1.35 bits per heavy atom. The molecule has 0 bridgehead atoms. The topological polar surface area (TPSA) is 64.8 Å². The van der Waals surface area contributed by atoms with E-state index >= 15 is 0 Å². The number of hydrogen-bond acceptors (Lipinski definition) is 4. The van der Waals surface area contributed by atoms with Crippen LogP contribution in [0.15, 0.2) is 35.4 Å². The van der Waals surface area contributed by atoms with Crippen LogP contribution in [0.25, 0.3) is 0 Å². The Hall–Kier alpha value is -1.69. The molecule has 0 saturated heterocycles. The van der Waals surface area contributed by atoms with Gasteiger partial charge in [-0.25, -0.2) is 8.42 Å². The largest absolute Gasteiger partial charge is 0.253 e. The molecule has 108 valence electrons. The summed E-state index contributed by atoms with van der Waals surface area (Å²) in [6, 6.07) is 7.10. The summed E-state index contributed by atoms with van der Waals surface area (Å²) in [5, 5.41) is 8.13. The second-order valence-electron chi connectivity index (χ2n) is 5.02. The second-order valence-corrected chi connectivity index (χ2v) is 7.03. The van der Waals surface area contributed by atoms with Crippen molar-refractivity contribution in [2.75, 3.05) is 6.26 Å². The van der Waals surface area contributed by atoms with Gasteiger partial charge in [-0.3, -0.25) is 4.68 Å². The van der Waals surface area contributed by atoms with Gasteiger partial charge >= 0.3 is 0 Å². The van der Waals surface area contributed by atoms with Gasteiger partial charge in [-0.1, -0.05) is 24.3 Å². The summed E-state index contributed by atoms with van der Waals surface area (Å²) in [6.45, 7) is 4.87. The normalized spacial score (nSPS) is 13.3. The van der Waals surface area contributed by atoms with Crippen LogP contribution in [0.5, 0.6) is 0 Å². The Labute approximate surface area is 119 Å². The van der Waals surface area contributed by atoms with Crippen LogP contribution in [-0.4, -0.2) is 29.7 Å². The number of aryl methyl sites for hydroxylation is 1. The SMILES string of the molecule is CCn1cc(CC(C)c2cccc(S(C)(=O)=O)c2)nn1. The highest BCUT2D eigenvalue weighted by Gasteiger charge is 2.13. The maximum atomic E-state index is 11.6. The van der Waals surface area contributed by atoms with Gasteiger partial charge in [0.2, 0.25) is 0 Å². The molecule has 0 aliphatic carbocycles. The second kappa shape index (κ2) is 5.75. The van der Waals surface area contributed by atoms with Crippen molar-refractivity contribution in [2.24, 2.45) is 0 Å². The molecule has 0 aliphatic heterocycles. The molecule has 1 unspecified atom stereocenters. The summed E-state index contributed by atoms with van der Waals surface area (Å²) < 4.78 is 25.0. The molecule has 2 aromatic rings. The van der Waals surface area contributed by atoms with E-state index in [1.54, 1.807) is 22.9 Å². The Morgan fingerprint density at radius 3 is 2.70 bits per heavy atom. The smallest absolute Gasteiger partial charge is 0.175 e. The van der Waals surface area contributed by atoms with Crippen LogP contribution < -0.4 is 0 Å². The van der Waals surface area contributed by atoms with E-state index in [4.69, 9.17) is 0 Å². The summed E-state index contributed by atoms with van der Waals surface area (Å²) in [4.78, 5) is 0.360. The van der Waals surface area contributed by atoms with Crippen LogP contribution in [-0.2, 0) is 22.8 Å². The molecule has 0 spiro atoms. The Kier molecular flexibility index (Phi) is 4.23. The molecule has 1 heterocycles. The van der Waals surface area contributed by atoms with Gasteiger partial charge in [-0.2, -0.15) is 0 Å². The number of hydrogen-bond donors (Lipinski definition) is 0. The molecule has 0 aliphatic rings. The third-order valence-electron chi connectivity index (χ3n) is 3.28. The van der Waals surface area contributed by atoms with E-state index in [1.807, 2.05) is 19.2 Å². The molecule has 0 saturated carbocycles. The minimum absolute atomic E-state index is 0.193. The van der Waals surface area contributed by atoms with Crippen LogP contribution in [0.1, 0.15) is 31.0 Å². The van der Waals surface area contributed by atoms with Crippen molar-refractivity contribution in [3.05, 3.63) is 41.7 Å². The number of aromatic nitrogens is 3. The summed E-state index contributed by atoms with van der Waals surface area (Å²) in [5.41, 5.74) is 1.92. The monoisotopic (exact) mass is 293 g/mol. The van der Waals surface area contributed by atoms with E-state index in [0.29, 0.717) is 4.90 Å². The van der Waals surface area contributed by atoms with Gasteiger partial charge in [0, 0.05) is 19.0 Å². The predicted molar refractivity (Wildman–Crippen MR) is 77.4 cm³/mol. The van der Waals surface area contributed by atoms with E-state index in [1.165, 1.54) is 6.26 Å². The first-order valence-corrected chi connectivity index (χ1v) is 8.48. The first-order valence-electron chi connectivity index (χ1n) is 6.59. The van der Waals surface area contributed by atoms with Gasteiger partial charge in [0.05, 0.1) is 10.6 Å². The lowest BCUT2D eigenvalue weighted by atomic mass is 9.97. The zero-order chi connectivity index (χ0) is 14.8. The standard InChI is InChI=1S/C14H19N3O2S/c1-4-17-10-13(15-16-17)8-11(2)12-6-5-7-14(9-12)20(3,18)19/h5-7,9-11H,4,8H2,1-3H3. The van der Waals surface area contributed by atoms with Crippen LogP contribution in [0.3, 0.4) is 0 Å². The maximum Gasteiger partial charge on any atom is 0.175 e. The predicted octanol–water partition coefficient (Wildman–Crippen LogP) is 2.05. The molecule has 1 aromatic carbocycles. The molecule has 5 nitrogen and oxygen atoms in total. The molecule has 2 rings (SSSR count). The van der Waals surface area contributed by atoms with Crippen molar-refractivity contribution in [1.82, 2.24) is 15.0 Å². The van der Waals surface area contributed by atoms with Gasteiger partial charge in [-0.15, -0.1) is 5.10 Å². The van der Waals surface area contributed by atoms with Crippen LogP contribution in [0, 0.1) is 0 Å². The average Bonchev–Trinajstić information content (AvgIpc) is 2.85. The Bertz CT molecular complexity index is 692. The molecule has 1 atom stereocenters. The molecule has 6 heteroatoms. The fraction of sp³-hybridized carbons (Fsp3) is 0.429. The van der Waals surface area contributed by atoms with Crippen molar-refractivity contribution in [2.45, 2.75) is 37.6 Å². The third-order valence-corrected chi connectivity index (χ3v) is 4.39. The van der Waals surface area contributed by atoms with Crippen LogP contribution in [0.4, 0.5) is 0 Å². The van der Waals surface area contributed by atoms with Crippen LogP contribution >= 0.6 is 0 Å². The molecule has 0 N–H and O–H groups in total. The number of rotatable bonds is 5. The lowest BCUT2D eigenvalue weighted by molar-refractivity contribution is 0.601. The van der Waals surface area contributed by atoms with Gasteiger partial charge in [0.15, 0.2) is 9.84 Å². The Morgan fingerprint density at radius 2 is 2.10 bits per heavy atom. The van der Waals surface area contributed by atoms with E-state index < -0.39 is 9.84 Å². The van der Waals surface area contributed by atoms with E-state index in [-0.39, 0.29) is 5.92 Å². The highest BCUT2D eigenvalue weighted by molar-refractivity contribution is 7.90. The first kappa shape index (κ1) is 14.7. The number of nitrogens with zero attached hydrogens (tertiary/aromatic N) is 3. The van der Waals surface area contributed by atoms with Crippen LogP contribution in [0.2, 0.25) is 0 Å².